The molecule has 4 rings (SSSR count). The summed E-state index contributed by atoms with van der Waals surface area (Å²) in [5, 5.41) is 21.3. The van der Waals surface area contributed by atoms with Gasteiger partial charge in [0.1, 0.15) is 5.75 Å². The first-order valence-corrected chi connectivity index (χ1v) is 16.5. The van der Waals surface area contributed by atoms with Crippen LogP contribution in [0.1, 0.15) is 114 Å². The van der Waals surface area contributed by atoms with Crippen LogP contribution in [0, 0.1) is 22.7 Å². The van der Waals surface area contributed by atoms with E-state index in [0.29, 0.717) is 36.3 Å². The van der Waals surface area contributed by atoms with Crippen molar-refractivity contribution in [3.63, 3.8) is 0 Å². The highest BCUT2D eigenvalue weighted by Crippen LogP contribution is 2.69. The van der Waals surface area contributed by atoms with Crippen LogP contribution in [0.3, 0.4) is 0 Å². The van der Waals surface area contributed by atoms with Crippen LogP contribution in [-0.4, -0.2) is 53.5 Å². The predicted molar refractivity (Wildman–Crippen MR) is 161 cm³/mol. The molecule has 1 aromatic rings. The molecule has 0 amide bonds. The lowest BCUT2D eigenvalue weighted by atomic mass is 9.44. The zero-order chi connectivity index (χ0) is 31.5. The summed E-state index contributed by atoms with van der Waals surface area (Å²) < 4.78 is 62.8. The van der Waals surface area contributed by atoms with E-state index in [-0.39, 0.29) is 23.4 Å². The van der Waals surface area contributed by atoms with Crippen LogP contribution in [0.2, 0.25) is 0 Å². The molecule has 3 nitrogen and oxygen atoms in total. The highest BCUT2D eigenvalue weighted by atomic mass is 19.4. The third kappa shape index (κ3) is 7.26. The third-order valence-electron chi connectivity index (χ3n) is 11.4. The molecule has 2 N–H and O–H groups in total. The number of aliphatic hydroxyl groups is 1. The van der Waals surface area contributed by atoms with Crippen molar-refractivity contribution in [2.45, 2.75) is 127 Å². The number of phenols is 1. The van der Waals surface area contributed by atoms with E-state index in [1.807, 2.05) is 12.1 Å². The smallest absolute Gasteiger partial charge is 0.453 e. The number of aliphatic hydroxyl groups excluding tert-OH is 1. The van der Waals surface area contributed by atoms with Gasteiger partial charge in [-0.05, 0) is 130 Å². The van der Waals surface area contributed by atoms with Crippen LogP contribution < -0.4 is 0 Å². The summed E-state index contributed by atoms with van der Waals surface area (Å²) in [6.45, 7) is 8.57. The van der Waals surface area contributed by atoms with Gasteiger partial charge >= 0.3 is 12.1 Å². The molecule has 0 bridgehead atoms. The van der Waals surface area contributed by atoms with Crippen molar-refractivity contribution in [2.75, 3.05) is 20.1 Å². The summed E-state index contributed by atoms with van der Waals surface area (Å²) in [7, 11) is 2.08. The molecule has 3 aliphatic carbocycles. The monoisotopic (exact) mass is 613 g/mol. The van der Waals surface area contributed by atoms with E-state index in [9.17, 15) is 32.2 Å². The standard InChI is InChI=1S/C35H52F5NO2/c1-4-33-20-18-25-23-27(42)14-15-28(25)31(33)26(24-32(2)29(33)16-17-30(32)43)13-9-8-12-22-41(3)21-11-7-5-6-10-19-34(36,37)35(38,39)40/h4,14-15,23,26,29-31,42-43H,1,5-13,16-22,24H2,2-3H3/t26-,29+,30-,31+,32-,33?/m0/s1. The van der Waals surface area contributed by atoms with Crippen LogP contribution in [-0.2, 0) is 6.42 Å². The normalized spacial score (nSPS) is 30.6. The molecule has 0 aliphatic heterocycles. The molecular formula is C35H52F5NO2. The Morgan fingerprint density at radius 3 is 2.30 bits per heavy atom. The zero-order valence-corrected chi connectivity index (χ0v) is 26.1. The Hall–Kier alpha value is -1.67. The number of alkyl halides is 5. The van der Waals surface area contributed by atoms with Crippen molar-refractivity contribution in [1.29, 1.82) is 0 Å². The number of allylic oxidation sites excluding steroid dienone is 1. The van der Waals surface area contributed by atoms with E-state index < -0.39 is 18.5 Å². The van der Waals surface area contributed by atoms with Crippen molar-refractivity contribution in [1.82, 2.24) is 4.90 Å². The van der Waals surface area contributed by atoms with Crippen LogP contribution >= 0.6 is 0 Å². The number of aryl methyl sites for hydroxylation is 1. The molecule has 43 heavy (non-hydrogen) atoms. The van der Waals surface area contributed by atoms with Gasteiger partial charge in [0, 0.05) is 6.42 Å². The first kappa shape index (κ1) is 34.2. The fourth-order valence-electron chi connectivity index (χ4n) is 9.17. The third-order valence-corrected chi connectivity index (χ3v) is 11.4. The molecule has 1 unspecified atom stereocenters. The van der Waals surface area contributed by atoms with Gasteiger partial charge in [0.25, 0.3) is 0 Å². The predicted octanol–water partition coefficient (Wildman–Crippen LogP) is 9.42. The molecule has 0 aromatic heterocycles. The minimum atomic E-state index is -5.45. The first-order chi connectivity index (χ1) is 20.2. The van der Waals surface area contributed by atoms with Crippen LogP contribution in [0.15, 0.2) is 30.9 Å². The molecule has 0 saturated heterocycles. The number of fused-ring (bicyclic) bond motifs is 5. The number of unbranched alkanes of at least 4 members (excludes halogenated alkanes) is 6. The molecule has 2 saturated carbocycles. The van der Waals surface area contributed by atoms with Gasteiger partial charge in [-0.15, -0.1) is 6.58 Å². The fraction of sp³-hybridized carbons (Fsp3) is 0.771. The fourth-order valence-corrected chi connectivity index (χ4v) is 9.17. The van der Waals surface area contributed by atoms with E-state index in [2.05, 4.69) is 37.6 Å². The number of hydrogen-bond donors (Lipinski definition) is 2. The number of nitrogens with zero attached hydrogens (tertiary/aromatic N) is 1. The largest absolute Gasteiger partial charge is 0.508 e. The Morgan fingerprint density at radius 2 is 1.63 bits per heavy atom. The number of phenolic OH excluding ortho intramolecular Hbond substituents is 1. The van der Waals surface area contributed by atoms with Crippen molar-refractivity contribution in [3.05, 3.63) is 42.0 Å². The summed E-state index contributed by atoms with van der Waals surface area (Å²) in [4.78, 5) is 2.28. The first-order valence-electron chi connectivity index (χ1n) is 16.5. The topological polar surface area (TPSA) is 43.7 Å². The molecule has 3 aliphatic rings. The van der Waals surface area contributed by atoms with Crippen molar-refractivity contribution >= 4 is 0 Å². The lowest BCUT2D eigenvalue weighted by Crippen LogP contribution is -2.54. The van der Waals surface area contributed by atoms with Crippen LogP contribution in [0.5, 0.6) is 5.75 Å². The van der Waals surface area contributed by atoms with E-state index >= 15 is 0 Å². The Balaban J connectivity index is 1.23. The minimum Gasteiger partial charge on any atom is -0.508 e. The maximum absolute atomic E-state index is 13.0. The minimum absolute atomic E-state index is 0.0292. The number of hydrogen-bond acceptors (Lipinski definition) is 3. The van der Waals surface area contributed by atoms with Crippen molar-refractivity contribution in [3.8, 4) is 5.75 Å². The molecule has 0 spiro atoms. The highest BCUT2D eigenvalue weighted by molar-refractivity contribution is 5.43. The molecule has 244 valence electrons. The number of aromatic hydroxyl groups is 1. The van der Waals surface area contributed by atoms with Gasteiger partial charge in [-0.3, -0.25) is 0 Å². The van der Waals surface area contributed by atoms with Crippen LogP contribution in [0.4, 0.5) is 22.0 Å². The van der Waals surface area contributed by atoms with Gasteiger partial charge in [0.05, 0.1) is 6.10 Å². The maximum Gasteiger partial charge on any atom is 0.453 e. The number of halogens is 5. The Kier molecular flexibility index (Phi) is 10.9. The van der Waals surface area contributed by atoms with E-state index in [4.69, 9.17) is 0 Å². The summed E-state index contributed by atoms with van der Waals surface area (Å²) in [6, 6.07) is 5.91. The highest BCUT2D eigenvalue weighted by Gasteiger charge is 2.63. The van der Waals surface area contributed by atoms with E-state index in [1.165, 1.54) is 11.1 Å². The second-order valence-corrected chi connectivity index (χ2v) is 14.2. The molecule has 8 heteroatoms. The molecule has 2 fully saturated rings. The van der Waals surface area contributed by atoms with Gasteiger partial charge < -0.3 is 15.1 Å². The average molecular weight is 614 g/mol. The Labute approximate surface area is 254 Å². The summed E-state index contributed by atoms with van der Waals surface area (Å²) in [6.07, 6.45) is 7.40. The number of rotatable bonds is 15. The molecular weight excluding hydrogens is 561 g/mol. The molecule has 0 radical (unpaired) electrons. The molecule has 6 atom stereocenters. The summed E-state index contributed by atoms with van der Waals surface area (Å²) in [5.41, 5.74) is 2.50. The van der Waals surface area contributed by atoms with Gasteiger partial charge in [0.15, 0.2) is 0 Å². The lowest BCUT2D eigenvalue weighted by Gasteiger charge is -2.60. The van der Waals surface area contributed by atoms with Gasteiger partial charge in [0.2, 0.25) is 0 Å². The van der Waals surface area contributed by atoms with Crippen molar-refractivity contribution in [2.24, 2.45) is 22.7 Å². The Morgan fingerprint density at radius 1 is 0.977 bits per heavy atom. The van der Waals surface area contributed by atoms with E-state index in [0.717, 1.165) is 83.7 Å². The Bertz CT molecular complexity index is 1080. The average Bonchev–Trinajstić information content (AvgIpc) is 3.25. The zero-order valence-electron chi connectivity index (χ0n) is 26.1. The van der Waals surface area contributed by atoms with Gasteiger partial charge in [-0.1, -0.05) is 51.2 Å². The van der Waals surface area contributed by atoms with E-state index in [1.54, 1.807) is 0 Å². The second kappa shape index (κ2) is 13.8. The molecule has 1 aromatic carbocycles. The molecule has 0 heterocycles. The van der Waals surface area contributed by atoms with Gasteiger partial charge in [-0.2, -0.15) is 22.0 Å². The lowest BCUT2D eigenvalue weighted by molar-refractivity contribution is -0.284. The van der Waals surface area contributed by atoms with Crippen LogP contribution in [0.25, 0.3) is 0 Å². The number of benzene rings is 1. The summed E-state index contributed by atoms with van der Waals surface area (Å²) >= 11 is 0. The SMILES string of the molecule is C=CC12CCc3cc(O)ccc3[C@H]1[C@@H](CCCCCN(C)CCCCCCCC(F)(F)C(F)(F)F)C[C@]1(C)[C@@H](O)CC[C@@H]21. The van der Waals surface area contributed by atoms with Gasteiger partial charge in [-0.25, -0.2) is 0 Å². The summed E-state index contributed by atoms with van der Waals surface area (Å²) in [5.74, 6) is -3.02. The van der Waals surface area contributed by atoms with Crippen molar-refractivity contribution < 1.29 is 32.2 Å². The maximum atomic E-state index is 13.0. The second-order valence-electron chi connectivity index (χ2n) is 14.2. The quantitative estimate of drug-likeness (QED) is 0.118.